The second-order valence-electron chi connectivity index (χ2n) is 4.26. The molecule has 1 aliphatic heterocycles. The summed E-state index contributed by atoms with van der Waals surface area (Å²) in [5.74, 6) is -1.01. The second-order valence-corrected chi connectivity index (χ2v) is 4.26. The average Bonchev–Trinajstić information content (AvgIpc) is 2.53. The number of imide groups is 1. The van der Waals surface area contributed by atoms with Crippen LogP contribution in [-0.4, -0.2) is 18.4 Å². The molecule has 0 spiro atoms. The molecule has 2 rings (SSSR count). The minimum absolute atomic E-state index is 0.0740. The molecule has 2 amide bonds. The molecule has 1 aromatic rings. The molecular weight excluding hydrogens is 244 g/mol. The number of benzene rings is 1. The largest absolute Gasteiger partial charge is 0.435 e. The molecule has 0 bridgehead atoms. The zero-order valence-corrected chi connectivity index (χ0v) is 9.57. The Hall–Kier alpha value is -1.98. The number of nitrogens with one attached hydrogen (secondary N) is 1. The summed E-state index contributed by atoms with van der Waals surface area (Å²) >= 11 is 0. The van der Waals surface area contributed by atoms with Crippen molar-refractivity contribution in [1.29, 1.82) is 0 Å². The van der Waals surface area contributed by atoms with E-state index in [4.69, 9.17) is 0 Å². The highest BCUT2D eigenvalue weighted by atomic mass is 19.3. The summed E-state index contributed by atoms with van der Waals surface area (Å²) in [7, 11) is 0. The lowest BCUT2D eigenvalue weighted by Crippen LogP contribution is -2.33. The van der Waals surface area contributed by atoms with E-state index >= 15 is 0 Å². The van der Waals surface area contributed by atoms with Gasteiger partial charge in [-0.15, -0.1) is 0 Å². The van der Waals surface area contributed by atoms with Gasteiger partial charge in [0.15, 0.2) is 0 Å². The Balaban J connectivity index is 2.44. The Morgan fingerprint density at radius 2 is 2.00 bits per heavy atom. The van der Waals surface area contributed by atoms with E-state index in [0.29, 0.717) is 0 Å². The number of ether oxygens (including phenoxy) is 1. The SMILES string of the molecule is CC1(c2ccccc2OC(F)F)CC(=O)NC1=O. The van der Waals surface area contributed by atoms with Crippen molar-refractivity contribution in [2.24, 2.45) is 0 Å². The van der Waals surface area contributed by atoms with E-state index in [1.807, 2.05) is 0 Å². The van der Waals surface area contributed by atoms with Crippen LogP contribution in [0, 0.1) is 0 Å². The Kier molecular flexibility index (Phi) is 3.02. The maximum atomic E-state index is 12.3. The van der Waals surface area contributed by atoms with Gasteiger partial charge in [-0.1, -0.05) is 18.2 Å². The lowest BCUT2D eigenvalue weighted by atomic mass is 9.80. The van der Waals surface area contributed by atoms with Crippen molar-refractivity contribution in [2.45, 2.75) is 25.4 Å². The van der Waals surface area contributed by atoms with Gasteiger partial charge in [-0.05, 0) is 13.0 Å². The van der Waals surface area contributed by atoms with Crippen molar-refractivity contribution in [3.05, 3.63) is 29.8 Å². The molecule has 0 radical (unpaired) electrons. The van der Waals surface area contributed by atoms with E-state index in [-0.39, 0.29) is 17.7 Å². The van der Waals surface area contributed by atoms with Gasteiger partial charge in [0, 0.05) is 12.0 Å². The number of alkyl halides is 2. The van der Waals surface area contributed by atoms with Gasteiger partial charge in [-0.2, -0.15) is 8.78 Å². The fourth-order valence-electron chi connectivity index (χ4n) is 2.05. The first kappa shape index (κ1) is 12.5. The molecule has 6 heteroatoms. The Morgan fingerprint density at radius 1 is 1.33 bits per heavy atom. The molecule has 0 aliphatic carbocycles. The molecule has 96 valence electrons. The average molecular weight is 255 g/mol. The van der Waals surface area contributed by atoms with Gasteiger partial charge in [0.25, 0.3) is 0 Å². The maximum Gasteiger partial charge on any atom is 0.387 e. The minimum atomic E-state index is -2.98. The van der Waals surface area contributed by atoms with Crippen LogP contribution < -0.4 is 10.1 Å². The van der Waals surface area contributed by atoms with E-state index < -0.39 is 23.8 Å². The Bertz CT molecular complexity index is 504. The van der Waals surface area contributed by atoms with E-state index in [9.17, 15) is 18.4 Å². The van der Waals surface area contributed by atoms with Crippen molar-refractivity contribution in [1.82, 2.24) is 5.32 Å². The summed E-state index contributed by atoms with van der Waals surface area (Å²) in [4.78, 5) is 23.0. The van der Waals surface area contributed by atoms with Gasteiger partial charge >= 0.3 is 6.61 Å². The summed E-state index contributed by atoms with van der Waals surface area (Å²) in [5.41, 5.74) is -0.878. The summed E-state index contributed by atoms with van der Waals surface area (Å²) in [6, 6.07) is 5.99. The predicted octanol–water partition coefficient (Wildman–Crippen LogP) is 1.59. The highest BCUT2D eigenvalue weighted by molar-refractivity contribution is 6.09. The Labute approximate surface area is 102 Å². The molecule has 1 aliphatic rings. The fourth-order valence-corrected chi connectivity index (χ4v) is 2.05. The van der Waals surface area contributed by atoms with Crippen LogP contribution in [0.3, 0.4) is 0 Å². The summed E-state index contributed by atoms with van der Waals surface area (Å²) < 4.78 is 29.0. The van der Waals surface area contributed by atoms with E-state index in [1.165, 1.54) is 25.1 Å². The van der Waals surface area contributed by atoms with Crippen molar-refractivity contribution >= 4 is 11.8 Å². The van der Waals surface area contributed by atoms with Gasteiger partial charge in [0.05, 0.1) is 5.41 Å². The van der Waals surface area contributed by atoms with Crippen LogP contribution in [0.1, 0.15) is 18.9 Å². The van der Waals surface area contributed by atoms with Crippen LogP contribution in [0.15, 0.2) is 24.3 Å². The lowest BCUT2D eigenvalue weighted by molar-refractivity contribution is -0.126. The molecule has 1 atom stereocenters. The van der Waals surface area contributed by atoms with Crippen LogP contribution in [-0.2, 0) is 15.0 Å². The van der Waals surface area contributed by atoms with Crippen LogP contribution >= 0.6 is 0 Å². The lowest BCUT2D eigenvalue weighted by Gasteiger charge is -2.22. The summed E-state index contributed by atoms with van der Waals surface area (Å²) in [6.45, 7) is -1.45. The van der Waals surface area contributed by atoms with Gasteiger partial charge in [-0.25, -0.2) is 0 Å². The number of para-hydroxylation sites is 1. The van der Waals surface area contributed by atoms with Crippen molar-refractivity contribution in [3.8, 4) is 5.75 Å². The molecule has 0 saturated carbocycles. The van der Waals surface area contributed by atoms with Crippen LogP contribution in [0.2, 0.25) is 0 Å². The zero-order valence-electron chi connectivity index (χ0n) is 9.57. The van der Waals surface area contributed by atoms with Gasteiger partial charge in [0.1, 0.15) is 5.75 Å². The number of rotatable bonds is 3. The number of hydrogen-bond donors (Lipinski definition) is 1. The van der Waals surface area contributed by atoms with Crippen LogP contribution in [0.4, 0.5) is 8.78 Å². The molecule has 1 unspecified atom stereocenters. The van der Waals surface area contributed by atoms with E-state index in [0.717, 1.165) is 0 Å². The fraction of sp³-hybridized carbons (Fsp3) is 0.333. The summed E-state index contributed by atoms with van der Waals surface area (Å²) in [5, 5.41) is 2.17. The number of carbonyl (C=O) groups is 2. The van der Waals surface area contributed by atoms with Gasteiger partial charge in [0.2, 0.25) is 11.8 Å². The minimum Gasteiger partial charge on any atom is -0.435 e. The first-order valence-corrected chi connectivity index (χ1v) is 5.32. The van der Waals surface area contributed by atoms with E-state index in [1.54, 1.807) is 6.07 Å². The maximum absolute atomic E-state index is 12.3. The molecule has 1 heterocycles. The molecule has 4 nitrogen and oxygen atoms in total. The van der Waals surface area contributed by atoms with Crippen molar-refractivity contribution in [3.63, 3.8) is 0 Å². The number of amides is 2. The highest BCUT2D eigenvalue weighted by Crippen LogP contribution is 2.37. The van der Waals surface area contributed by atoms with Crippen molar-refractivity contribution < 1.29 is 23.1 Å². The first-order valence-electron chi connectivity index (χ1n) is 5.32. The number of carbonyl (C=O) groups excluding carboxylic acids is 2. The normalized spacial score (nSPS) is 23.3. The number of halogens is 2. The molecule has 0 aromatic heterocycles. The molecule has 1 fully saturated rings. The monoisotopic (exact) mass is 255 g/mol. The number of hydrogen-bond acceptors (Lipinski definition) is 3. The molecule has 1 N–H and O–H groups in total. The smallest absolute Gasteiger partial charge is 0.387 e. The quantitative estimate of drug-likeness (QED) is 0.834. The van der Waals surface area contributed by atoms with Crippen molar-refractivity contribution in [2.75, 3.05) is 0 Å². The third kappa shape index (κ3) is 2.05. The topological polar surface area (TPSA) is 55.4 Å². The third-order valence-corrected chi connectivity index (χ3v) is 2.97. The predicted molar refractivity (Wildman–Crippen MR) is 58.2 cm³/mol. The molecule has 1 aromatic carbocycles. The Morgan fingerprint density at radius 3 is 2.56 bits per heavy atom. The molecular formula is C12H11F2NO3. The standard InChI is InChI=1S/C12H11F2NO3/c1-12(6-9(16)15-10(12)17)7-4-2-3-5-8(7)18-11(13)14/h2-5,11H,6H2,1H3,(H,15,16,17). The van der Waals surface area contributed by atoms with Crippen LogP contribution in [0.25, 0.3) is 0 Å². The third-order valence-electron chi connectivity index (χ3n) is 2.97. The second kappa shape index (κ2) is 4.36. The highest BCUT2D eigenvalue weighted by Gasteiger charge is 2.45. The first-order chi connectivity index (χ1) is 8.43. The molecule has 18 heavy (non-hydrogen) atoms. The zero-order chi connectivity index (χ0) is 13.3. The van der Waals surface area contributed by atoms with Gasteiger partial charge < -0.3 is 4.74 Å². The summed E-state index contributed by atoms with van der Waals surface area (Å²) in [6.07, 6.45) is -0.0740. The molecule has 1 saturated heterocycles. The van der Waals surface area contributed by atoms with Gasteiger partial charge in [-0.3, -0.25) is 14.9 Å². The van der Waals surface area contributed by atoms with Crippen LogP contribution in [0.5, 0.6) is 5.75 Å². The van der Waals surface area contributed by atoms with E-state index in [2.05, 4.69) is 10.1 Å².